The van der Waals surface area contributed by atoms with Gasteiger partial charge in [0.25, 0.3) is 0 Å². The summed E-state index contributed by atoms with van der Waals surface area (Å²) < 4.78 is 5.41. The van der Waals surface area contributed by atoms with Gasteiger partial charge in [-0.15, -0.1) is 0 Å². The van der Waals surface area contributed by atoms with Crippen LogP contribution in [0.15, 0.2) is 28.8 Å². The van der Waals surface area contributed by atoms with Gasteiger partial charge < -0.3 is 14.7 Å². The number of rotatable bonds is 5. The quantitative estimate of drug-likeness (QED) is 0.875. The maximum Gasteiger partial charge on any atom is 0.248 e. The van der Waals surface area contributed by atoms with Crippen LogP contribution in [0.4, 0.5) is 5.69 Å². The zero-order valence-corrected chi connectivity index (χ0v) is 16.1. The predicted octanol–water partition coefficient (Wildman–Crippen LogP) is 4.05. The number of likely N-dealkylation sites (tertiary alicyclic amines) is 1. The number of nitrogens with one attached hydrogen (secondary N) is 1. The Morgan fingerprint density at radius 3 is 2.81 bits per heavy atom. The van der Waals surface area contributed by atoms with Crippen molar-refractivity contribution in [2.75, 3.05) is 11.9 Å². The van der Waals surface area contributed by atoms with E-state index < -0.39 is 0 Å². The number of amides is 1. The molecule has 2 heterocycles. The third-order valence-electron chi connectivity index (χ3n) is 4.59. The van der Waals surface area contributed by atoms with Gasteiger partial charge in [0, 0.05) is 30.6 Å². The van der Waals surface area contributed by atoms with E-state index in [0.29, 0.717) is 24.7 Å². The Morgan fingerprint density at radius 2 is 2.12 bits per heavy atom. The van der Waals surface area contributed by atoms with Gasteiger partial charge in [0.1, 0.15) is 6.04 Å². The summed E-state index contributed by atoms with van der Waals surface area (Å²) in [6, 6.07) is 8.07. The van der Waals surface area contributed by atoms with Crippen molar-refractivity contribution in [1.82, 2.24) is 15.0 Å². The first-order chi connectivity index (χ1) is 12.3. The summed E-state index contributed by atoms with van der Waals surface area (Å²) in [5, 5.41) is 7.50. The Hall–Kier alpha value is -2.37. The maximum atomic E-state index is 12.0. The van der Waals surface area contributed by atoms with E-state index in [1.54, 1.807) is 0 Å². The minimum Gasteiger partial charge on any atom is -0.374 e. The van der Waals surface area contributed by atoms with Crippen LogP contribution in [-0.2, 0) is 16.8 Å². The second-order valence-electron chi connectivity index (χ2n) is 8.05. The van der Waals surface area contributed by atoms with Crippen molar-refractivity contribution in [2.45, 2.75) is 65.0 Å². The van der Waals surface area contributed by atoms with Crippen LogP contribution in [0.1, 0.15) is 70.3 Å². The number of benzene rings is 1. The highest BCUT2D eigenvalue weighted by Crippen LogP contribution is 2.24. The van der Waals surface area contributed by atoms with E-state index in [9.17, 15) is 4.79 Å². The fourth-order valence-corrected chi connectivity index (χ4v) is 3.04. The van der Waals surface area contributed by atoms with Gasteiger partial charge in [0.2, 0.25) is 11.8 Å². The van der Waals surface area contributed by atoms with E-state index in [1.165, 1.54) is 0 Å². The number of carbonyl (C=O) groups is 1. The zero-order chi connectivity index (χ0) is 18.7. The molecular weight excluding hydrogens is 328 g/mol. The number of nitrogens with zero attached hydrogens (tertiary/aromatic N) is 3. The molecule has 1 saturated heterocycles. The summed E-state index contributed by atoms with van der Waals surface area (Å²) in [6.45, 7) is 9.70. The number of aromatic nitrogens is 2. The largest absolute Gasteiger partial charge is 0.374 e. The first-order valence-electron chi connectivity index (χ1n) is 9.30. The highest BCUT2D eigenvalue weighted by molar-refractivity contribution is 5.76. The predicted molar refractivity (Wildman–Crippen MR) is 101 cm³/mol. The second-order valence-corrected chi connectivity index (χ2v) is 8.05. The van der Waals surface area contributed by atoms with E-state index >= 15 is 0 Å². The van der Waals surface area contributed by atoms with Gasteiger partial charge in [-0.2, -0.15) is 4.98 Å². The van der Waals surface area contributed by atoms with Crippen molar-refractivity contribution in [3.05, 3.63) is 41.5 Å². The van der Waals surface area contributed by atoms with Crippen molar-refractivity contribution in [1.29, 1.82) is 0 Å². The van der Waals surface area contributed by atoms with Gasteiger partial charge in [-0.25, -0.2) is 0 Å². The first-order valence-corrected chi connectivity index (χ1v) is 9.30. The van der Waals surface area contributed by atoms with Gasteiger partial charge in [-0.1, -0.05) is 38.1 Å². The summed E-state index contributed by atoms with van der Waals surface area (Å²) in [5.74, 6) is 1.54. The number of hydrogen-bond acceptors (Lipinski definition) is 5. The number of piperidine rings is 1. The topological polar surface area (TPSA) is 71.3 Å². The SMILES string of the molecule is CC(Nc1cccc(CN2CCCCC2=O)c1)c1nc(C(C)(C)C)no1. The molecule has 6 heteroatoms. The Labute approximate surface area is 155 Å². The monoisotopic (exact) mass is 356 g/mol. The Kier molecular flexibility index (Phi) is 5.30. The molecule has 1 fully saturated rings. The third kappa shape index (κ3) is 4.42. The molecule has 0 saturated carbocycles. The van der Waals surface area contributed by atoms with Crippen molar-refractivity contribution in [2.24, 2.45) is 0 Å². The van der Waals surface area contributed by atoms with Crippen LogP contribution >= 0.6 is 0 Å². The average molecular weight is 356 g/mol. The standard InChI is InChI=1S/C20H28N4O2/c1-14(18-22-19(23-26-18)20(2,3)4)21-16-9-7-8-15(12-16)13-24-11-6-5-10-17(24)25/h7-9,12,14,21H,5-6,10-11,13H2,1-4H3. The smallest absolute Gasteiger partial charge is 0.248 e. The van der Waals surface area contributed by atoms with Crippen LogP contribution < -0.4 is 5.32 Å². The second kappa shape index (κ2) is 7.48. The Bertz CT molecular complexity index is 763. The Balaban J connectivity index is 1.66. The summed E-state index contributed by atoms with van der Waals surface area (Å²) in [6.07, 6.45) is 2.77. The lowest BCUT2D eigenvalue weighted by molar-refractivity contribution is -0.133. The number of hydrogen-bond donors (Lipinski definition) is 1. The fraction of sp³-hybridized carbons (Fsp3) is 0.550. The summed E-state index contributed by atoms with van der Waals surface area (Å²) in [4.78, 5) is 18.5. The van der Waals surface area contributed by atoms with Gasteiger partial charge in [-0.3, -0.25) is 4.79 Å². The average Bonchev–Trinajstić information content (AvgIpc) is 3.08. The van der Waals surface area contributed by atoms with Gasteiger partial charge in [0.05, 0.1) is 0 Å². The van der Waals surface area contributed by atoms with E-state index in [1.807, 2.05) is 24.0 Å². The van der Waals surface area contributed by atoms with Crippen molar-refractivity contribution >= 4 is 11.6 Å². The lowest BCUT2D eigenvalue weighted by Crippen LogP contribution is -2.34. The van der Waals surface area contributed by atoms with Crippen molar-refractivity contribution in [3.8, 4) is 0 Å². The van der Waals surface area contributed by atoms with Crippen LogP contribution in [-0.4, -0.2) is 27.5 Å². The maximum absolute atomic E-state index is 12.0. The van der Waals surface area contributed by atoms with Crippen LogP contribution in [0, 0.1) is 0 Å². The van der Waals surface area contributed by atoms with Crippen LogP contribution in [0.3, 0.4) is 0 Å². The molecule has 2 aromatic rings. The molecule has 0 radical (unpaired) electrons. The lowest BCUT2D eigenvalue weighted by atomic mass is 9.96. The summed E-state index contributed by atoms with van der Waals surface area (Å²) >= 11 is 0. The van der Waals surface area contributed by atoms with E-state index in [2.05, 4.69) is 48.4 Å². The number of anilines is 1. The lowest BCUT2D eigenvalue weighted by Gasteiger charge is -2.27. The fourth-order valence-electron chi connectivity index (χ4n) is 3.04. The molecule has 1 aliphatic heterocycles. The molecule has 26 heavy (non-hydrogen) atoms. The summed E-state index contributed by atoms with van der Waals surface area (Å²) in [7, 11) is 0. The molecule has 1 aromatic heterocycles. The molecule has 0 bridgehead atoms. The number of carbonyl (C=O) groups excluding carboxylic acids is 1. The van der Waals surface area contributed by atoms with E-state index in [0.717, 1.165) is 30.6 Å². The minimum absolute atomic E-state index is 0.0922. The molecule has 1 atom stereocenters. The molecule has 6 nitrogen and oxygen atoms in total. The molecule has 1 amide bonds. The van der Waals surface area contributed by atoms with Crippen LogP contribution in [0.25, 0.3) is 0 Å². The van der Waals surface area contributed by atoms with Crippen LogP contribution in [0.2, 0.25) is 0 Å². The van der Waals surface area contributed by atoms with Crippen LogP contribution in [0.5, 0.6) is 0 Å². The van der Waals surface area contributed by atoms with Gasteiger partial charge in [0.15, 0.2) is 5.82 Å². The van der Waals surface area contributed by atoms with Crippen molar-refractivity contribution in [3.63, 3.8) is 0 Å². The van der Waals surface area contributed by atoms with E-state index in [4.69, 9.17) is 4.52 Å². The molecular formula is C20H28N4O2. The van der Waals surface area contributed by atoms with Gasteiger partial charge in [-0.05, 0) is 37.5 Å². The van der Waals surface area contributed by atoms with E-state index in [-0.39, 0.29) is 17.4 Å². The highest BCUT2D eigenvalue weighted by atomic mass is 16.5. The first kappa shape index (κ1) is 18.4. The molecule has 1 N–H and O–H groups in total. The molecule has 3 rings (SSSR count). The molecule has 1 aromatic carbocycles. The molecule has 0 spiro atoms. The third-order valence-corrected chi connectivity index (χ3v) is 4.59. The molecule has 1 unspecified atom stereocenters. The Morgan fingerprint density at radius 1 is 1.31 bits per heavy atom. The summed E-state index contributed by atoms with van der Waals surface area (Å²) in [5.41, 5.74) is 1.97. The molecule has 0 aliphatic carbocycles. The molecule has 1 aliphatic rings. The van der Waals surface area contributed by atoms with Gasteiger partial charge >= 0.3 is 0 Å². The zero-order valence-electron chi connectivity index (χ0n) is 16.1. The highest BCUT2D eigenvalue weighted by Gasteiger charge is 2.23. The normalized spacial score (nSPS) is 16.6. The van der Waals surface area contributed by atoms with Crippen molar-refractivity contribution < 1.29 is 9.32 Å². The molecule has 140 valence electrons. The minimum atomic E-state index is -0.137.